The average Bonchev–Trinajstić information content (AvgIpc) is 2.42. The molecule has 0 heterocycles. The number of hydrogen-bond acceptors (Lipinski definition) is 3. The standard InChI is InChI=1S/C15H24N2O2/c1-5-17(6-2)15(18)12(4)19-14-9-13(10-16)8-7-11(14)3/h7-9,12H,5-6,10,16H2,1-4H3. The second kappa shape index (κ2) is 7.14. The number of likely N-dealkylation sites (N-methyl/N-ethyl adjacent to an activating group) is 1. The van der Waals surface area contributed by atoms with Crippen LogP contribution in [-0.2, 0) is 11.3 Å². The van der Waals surface area contributed by atoms with Gasteiger partial charge in [-0.15, -0.1) is 0 Å². The van der Waals surface area contributed by atoms with E-state index in [-0.39, 0.29) is 5.91 Å². The van der Waals surface area contributed by atoms with E-state index in [0.717, 1.165) is 16.9 Å². The summed E-state index contributed by atoms with van der Waals surface area (Å²) < 4.78 is 5.79. The minimum Gasteiger partial charge on any atom is -0.481 e. The van der Waals surface area contributed by atoms with Crippen molar-refractivity contribution in [2.24, 2.45) is 5.73 Å². The average molecular weight is 264 g/mol. The number of carbonyl (C=O) groups excluding carboxylic acids is 1. The lowest BCUT2D eigenvalue weighted by molar-refractivity contribution is -0.137. The molecule has 4 nitrogen and oxygen atoms in total. The zero-order chi connectivity index (χ0) is 14.4. The van der Waals surface area contributed by atoms with E-state index >= 15 is 0 Å². The Morgan fingerprint density at radius 1 is 1.37 bits per heavy atom. The van der Waals surface area contributed by atoms with Gasteiger partial charge in [0.25, 0.3) is 5.91 Å². The molecule has 0 saturated heterocycles. The summed E-state index contributed by atoms with van der Waals surface area (Å²) in [6, 6.07) is 5.84. The number of aryl methyl sites for hydroxylation is 1. The molecule has 1 rings (SSSR count). The van der Waals surface area contributed by atoms with Gasteiger partial charge in [0.2, 0.25) is 0 Å². The van der Waals surface area contributed by atoms with Crippen LogP contribution in [-0.4, -0.2) is 30.0 Å². The van der Waals surface area contributed by atoms with Crippen molar-refractivity contribution < 1.29 is 9.53 Å². The van der Waals surface area contributed by atoms with Crippen molar-refractivity contribution >= 4 is 5.91 Å². The van der Waals surface area contributed by atoms with Crippen molar-refractivity contribution in [3.05, 3.63) is 29.3 Å². The van der Waals surface area contributed by atoms with Crippen LogP contribution in [0.25, 0.3) is 0 Å². The molecule has 1 atom stereocenters. The molecule has 4 heteroatoms. The van der Waals surface area contributed by atoms with Crippen molar-refractivity contribution in [2.75, 3.05) is 13.1 Å². The third-order valence-electron chi connectivity index (χ3n) is 3.21. The van der Waals surface area contributed by atoms with Crippen molar-refractivity contribution in [2.45, 2.75) is 40.3 Å². The van der Waals surface area contributed by atoms with Crippen LogP contribution in [0.4, 0.5) is 0 Å². The molecule has 106 valence electrons. The Bertz CT molecular complexity index is 428. The van der Waals surface area contributed by atoms with E-state index in [1.54, 1.807) is 11.8 Å². The summed E-state index contributed by atoms with van der Waals surface area (Å²) in [5, 5.41) is 0. The molecule has 19 heavy (non-hydrogen) atoms. The van der Waals surface area contributed by atoms with Crippen molar-refractivity contribution in [1.29, 1.82) is 0 Å². The molecule has 1 aromatic rings. The molecular weight excluding hydrogens is 240 g/mol. The second-order valence-electron chi connectivity index (χ2n) is 4.57. The van der Waals surface area contributed by atoms with Gasteiger partial charge < -0.3 is 15.4 Å². The SMILES string of the molecule is CCN(CC)C(=O)C(C)Oc1cc(CN)ccc1C. The Hall–Kier alpha value is -1.55. The van der Waals surface area contributed by atoms with E-state index in [4.69, 9.17) is 10.5 Å². The predicted molar refractivity (Wildman–Crippen MR) is 77.1 cm³/mol. The predicted octanol–water partition coefficient (Wildman–Crippen LogP) is 2.09. The number of benzene rings is 1. The Kier molecular flexibility index (Phi) is 5.83. The minimum atomic E-state index is -0.480. The second-order valence-corrected chi connectivity index (χ2v) is 4.57. The normalized spacial score (nSPS) is 12.1. The van der Waals surface area contributed by atoms with Gasteiger partial charge >= 0.3 is 0 Å². The highest BCUT2D eigenvalue weighted by molar-refractivity contribution is 5.80. The fraction of sp³-hybridized carbons (Fsp3) is 0.533. The highest BCUT2D eigenvalue weighted by Crippen LogP contribution is 2.21. The summed E-state index contributed by atoms with van der Waals surface area (Å²) in [5.41, 5.74) is 7.63. The summed E-state index contributed by atoms with van der Waals surface area (Å²) >= 11 is 0. The summed E-state index contributed by atoms with van der Waals surface area (Å²) in [6.45, 7) is 9.55. The first-order valence-electron chi connectivity index (χ1n) is 6.78. The molecule has 0 radical (unpaired) electrons. The Balaban J connectivity index is 2.81. The highest BCUT2D eigenvalue weighted by Gasteiger charge is 2.20. The highest BCUT2D eigenvalue weighted by atomic mass is 16.5. The van der Waals surface area contributed by atoms with Crippen molar-refractivity contribution in [3.63, 3.8) is 0 Å². The molecule has 1 aromatic carbocycles. The molecule has 0 aliphatic heterocycles. The molecule has 0 saturated carbocycles. The lowest BCUT2D eigenvalue weighted by Crippen LogP contribution is -2.40. The number of nitrogens with two attached hydrogens (primary N) is 1. The van der Waals surface area contributed by atoms with E-state index < -0.39 is 6.10 Å². The van der Waals surface area contributed by atoms with Gasteiger partial charge in [-0.05, 0) is 44.9 Å². The molecule has 1 unspecified atom stereocenters. The quantitative estimate of drug-likeness (QED) is 0.856. The van der Waals surface area contributed by atoms with Gasteiger partial charge in [-0.1, -0.05) is 12.1 Å². The van der Waals surface area contributed by atoms with Gasteiger partial charge in [-0.2, -0.15) is 0 Å². The minimum absolute atomic E-state index is 0.0163. The first-order valence-corrected chi connectivity index (χ1v) is 6.78. The van der Waals surface area contributed by atoms with Crippen LogP contribution in [0.15, 0.2) is 18.2 Å². The number of amides is 1. The number of hydrogen-bond donors (Lipinski definition) is 1. The molecular formula is C15H24N2O2. The lowest BCUT2D eigenvalue weighted by Gasteiger charge is -2.24. The summed E-state index contributed by atoms with van der Waals surface area (Å²) in [4.78, 5) is 13.9. The number of ether oxygens (including phenoxy) is 1. The van der Waals surface area contributed by atoms with Crippen LogP contribution < -0.4 is 10.5 Å². The van der Waals surface area contributed by atoms with Crippen LogP contribution in [0.1, 0.15) is 31.9 Å². The molecule has 0 aromatic heterocycles. The molecule has 0 fully saturated rings. The third kappa shape index (κ3) is 3.96. The summed E-state index contributed by atoms with van der Waals surface area (Å²) in [6.07, 6.45) is -0.480. The zero-order valence-corrected chi connectivity index (χ0v) is 12.3. The van der Waals surface area contributed by atoms with Gasteiger partial charge in [0.1, 0.15) is 5.75 Å². The van der Waals surface area contributed by atoms with Gasteiger partial charge in [0, 0.05) is 19.6 Å². The first-order chi connectivity index (χ1) is 9.03. The lowest BCUT2D eigenvalue weighted by atomic mass is 10.1. The molecule has 0 bridgehead atoms. The van der Waals surface area contributed by atoms with Crippen LogP contribution >= 0.6 is 0 Å². The van der Waals surface area contributed by atoms with Gasteiger partial charge in [0.05, 0.1) is 0 Å². The number of carbonyl (C=O) groups is 1. The van der Waals surface area contributed by atoms with Crippen molar-refractivity contribution in [3.8, 4) is 5.75 Å². The van der Waals surface area contributed by atoms with E-state index in [0.29, 0.717) is 19.6 Å². The van der Waals surface area contributed by atoms with Crippen LogP contribution in [0.5, 0.6) is 5.75 Å². The van der Waals surface area contributed by atoms with Crippen LogP contribution in [0.3, 0.4) is 0 Å². The maximum atomic E-state index is 12.2. The summed E-state index contributed by atoms with van der Waals surface area (Å²) in [7, 11) is 0. The Morgan fingerprint density at radius 2 is 2.00 bits per heavy atom. The molecule has 2 N–H and O–H groups in total. The monoisotopic (exact) mass is 264 g/mol. The maximum Gasteiger partial charge on any atom is 0.263 e. The van der Waals surface area contributed by atoms with E-state index in [9.17, 15) is 4.79 Å². The fourth-order valence-electron chi connectivity index (χ4n) is 1.93. The van der Waals surface area contributed by atoms with Gasteiger partial charge in [-0.25, -0.2) is 0 Å². The van der Waals surface area contributed by atoms with Gasteiger partial charge in [-0.3, -0.25) is 4.79 Å². The molecule has 1 amide bonds. The van der Waals surface area contributed by atoms with E-state index in [1.165, 1.54) is 0 Å². The smallest absolute Gasteiger partial charge is 0.263 e. The first kappa shape index (κ1) is 15.5. The third-order valence-corrected chi connectivity index (χ3v) is 3.21. The van der Waals surface area contributed by atoms with Crippen molar-refractivity contribution in [1.82, 2.24) is 4.90 Å². The molecule has 0 aliphatic rings. The van der Waals surface area contributed by atoms with Gasteiger partial charge in [0.15, 0.2) is 6.10 Å². The topological polar surface area (TPSA) is 55.6 Å². The van der Waals surface area contributed by atoms with E-state index in [1.807, 2.05) is 39.0 Å². The largest absolute Gasteiger partial charge is 0.481 e. The molecule has 0 aliphatic carbocycles. The molecule has 0 spiro atoms. The van der Waals surface area contributed by atoms with E-state index in [2.05, 4.69) is 0 Å². The Morgan fingerprint density at radius 3 is 2.53 bits per heavy atom. The number of nitrogens with zero attached hydrogens (tertiary/aromatic N) is 1. The summed E-state index contributed by atoms with van der Waals surface area (Å²) in [5.74, 6) is 0.749. The van der Waals surface area contributed by atoms with Crippen LogP contribution in [0.2, 0.25) is 0 Å². The maximum absolute atomic E-state index is 12.2. The Labute approximate surface area is 115 Å². The fourth-order valence-corrected chi connectivity index (χ4v) is 1.93. The zero-order valence-electron chi connectivity index (χ0n) is 12.3. The van der Waals surface area contributed by atoms with Crippen LogP contribution in [0, 0.1) is 6.92 Å². The number of rotatable bonds is 6.